The number of thiophene rings is 1. The summed E-state index contributed by atoms with van der Waals surface area (Å²) in [6.07, 6.45) is 0. The summed E-state index contributed by atoms with van der Waals surface area (Å²) in [4.78, 5) is 12.8. The van der Waals surface area contributed by atoms with Crippen LogP contribution in [0, 0.1) is 13.8 Å². The van der Waals surface area contributed by atoms with Crippen LogP contribution >= 0.6 is 22.9 Å². The Balaban J connectivity index is 1.98. The van der Waals surface area contributed by atoms with Crippen molar-refractivity contribution in [3.05, 3.63) is 45.8 Å². The van der Waals surface area contributed by atoms with E-state index in [1.165, 1.54) is 6.07 Å². The number of anilines is 1. The molecule has 2 rings (SSSR count). The van der Waals surface area contributed by atoms with Crippen LogP contribution in [0.5, 0.6) is 0 Å². The molecule has 0 aliphatic rings. The number of hydrogen-bond donors (Lipinski definition) is 2. The predicted octanol–water partition coefficient (Wildman–Crippen LogP) is 2.94. The molecule has 118 valence electrons. The average molecular weight is 359 g/mol. The van der Waals surface area contributed by atoms with E-state index in [1.54, 1.807) is 31.2 Å². The Morgan fingerprint density at radius 1 is 1.23 bits per heavy atom. The van der Waals surface area contributed by atoms with Gasteiger partial charge in [0.25, 0.3) is 10.0 Å². The van der Waals surface area contributed by atoms with Crippen molar-refractivity contribution < 1.29 is 13.2 Å². The fourth-order valence-electron chi connectivity index (χ4n) is 1.75. The zero-order valence-electron chi connectivity index (χ0n) is 12.0. The summed E-state index contributed by atoms with van der Waals surface area (Å²) < 4.78 is 26.5. The van der Waals surface area contributed by atoms with E-state index in [0.717, 1.165) is 21.8 Å². The van der Waals surface area contributed by atoms with Crippen LogP contribution in [0.1, 0.15) is 10.4 Å². The molecule has 1 heterocycles. The highest BCUT2D eigenvalue weighted by molar-refractivity contribution is 7.91. The van der Waals surface area contributed by atoms with E-state index in [-0.39, 0.29) is 10.8 Å². The van der Waals surface area contributed by atoms with Crippen LogP contribution in [-0.4, -0.2) is 20.9 Å². The predicted molar refractivity (Wildman–Crippen MR) is 89.1 cm³/mol. The maximum absolute atomic E-state index is 12.0. The van der Waals surface area contributed by atoms with E-state index in [9.17, 15) is 13.2 Å². The summed E-state index contributed by atoms with van der Waals surface area (Å²) in [5, 5.41) is 3.22. The third-order valence-electron chi connectivity index (χ3n) is 2.87. The molecule has 0 aliphatic heterocycles. The molecule has 0 spiro atoms. The SMILES string of the molecule is Cc1ccc(S(=O)(=O)NCC(=O)Nc2ccc(Cl)cc2C)s1. The average Bonchev–Trinajstić information content (AvgIpc) is 2.87. The van der Waals surface area contributed by atoms with Crippen LogP contribution in [0.3, 0.4) is 0 Å². The first-order valence-corrected chi connectivity index (χ1v) is 9.08. The van der Waals surface area contributed by atoms with Crippen LogP contribution in [0.4, 0.5) is 5.69 Å². The Labute approximate surface area is 138 Å². The minimum absolute atomic E-state index is 0.195. The van der Waals surface area contributed by atoms with Crippen molar-refractivity contribution in [1.29, 1.82) is 0 Å². The number of halogens is 1. The summed E-state index contributed by atoms with van der Waals surface area (Å²) in [5.41, 5.74) is 1.40. The number of aryl methyl sites for hydroxylation is 2. The molecule has 5 nitrogen and oxygen atoms in total. The normalized spacial score (nSPS) is 11.4. The second-order valence-electron chi connectivity index (χ2n) is 4.70. The van der Waals surface area contributed by atoms with Gasteiger partial charge in [-0.2, -0.15) is 0 Å². The van der Waals surface area contributed by atoms with Crippen molar-refractivity contribution >= 4 is 44.6 Å². The van der Waals surface area contributed by atoms with E-state index in [4.69, 9.17) is 11.6 Å². The summed E-state index contributed by atoms with van der Waals surface area (Å²) >= 11 is 7.00. The second-order valence-corrected chi connectivity index (χ2v) is 8.42. The van der Waals surface area contributed by atoms with E-state index >= 15 is 0 Å². The van der Waals surface area contributed by atoms with Crippen molar-refractivity contribution in [3.63, 3.8) is 0 Å². The highest BCUT2D eigenvalue weighted by atomic mass is 35.5. The Morgan fingerprint density at radius 2 is 1.95 bits per heavy atom. The molecule has 1 amide bonds. The Hall–Kier alpha value is -1.41. The molecule has 22 heavy (non-hydrogen) atoms. The Kier molecular flexibility index (Phi) is 5.23. The molecule has 0 radical (unpaired) electrons. The van der Waals surface area contributed by atoms with Crippen molar-refractivity contribution in [1.82, 2.24) is 4.72 Å². The molecule has 2 aromatic rings. The van der Waals surface area contributed by atoms with Gasteiger partial charge in [0, 0.05) is 15.6 Å². The maximum atomic E-state index is 12.0. The van der Waals surface area contributed by atoms with Crippen LogP contribution in [0.25, 0.3) is 0 Å². The topological polar surface area (TPSA) is 75.3 Å². The van der Waals surface area contributed by atoms with Crippen molar-refractivity contribution in [3.8, 4) is 0 Å². The lowest BCUT2D eigenvalue weighted by molar-refractivity contribution is -0.115. The number of hydrogen-bond acceptors (Lipinski definition) is 4. The number of nitrogens with one attached hydrogen (secondary N) is 2. The second kappa shape index (κ2) is 6.78. The lowest BCUT2D eigenvalue weighted by Gasteiger charge is -2.09. The number of sulfonamides is 1. The van der Waals surface area contributed by atoms with E-state index in [2.05, 4.69) is 10.0 Å². The summed E-state index contributed by atoms with van der Waals surface area (Å²) in [7, 11) is -3.66. The molecule has 0 bridgehead atoms. The molecule has 2 N–H and O–H groups in total. The molecule has 1 aromatic heterocycles. The van der Waals surface area contributed by atoms with Gasteiger partial charge in [0.15, 0.2) is 0 Å². The minimum atomic E-state index is -3.66. The van der Waals surface area contributed by atoms with Gasteiger partial charge in [0.1, 0.15) is 4.21 Å². The van der Waals surface area contributed by atoms with E-state index < -0.39 is 15.9 Å². The lowest BCUT2D eigenvalue weighted by Crippen LogP contribution is -2.32. The van der Waals surface area contributed by atoms with Gasteiger partial charge in [0.05, 0.1) is 6.54 Å². The van der Waals surface area contributed by atoms with Gasteiger partial charge in [0.2, 0.25) is 5.91 Å². The van der Waals surface area contributed by atoms with Crippen LogP contribution < -0.4 is 10.0 Å². The molecule has 0 saturated carbocycles. The van der Waals surface area contributed by atoms with Crippen LogP contribution in [-0.2, 0) is 14.8 Å². The first-order valence-electron chi connectivity index (χ1n) is 6.40. The minimum Gasteiger partial charge on any atom is -0.325 e. The van der Waals surface area contributed by atoms with Gasteiger partial charge >= 0.3 is 0 Å². The number of rotatable bonds is 5. The molecule has 0 unspecified atom stereocenters. The summed E-state index contributed by atoms with van der Waals surface area (Å²) in [6.45, 7) is 3.29. The van der Waals surface area contributed by atoms with Gasteiger partial charge < -0.3 is 5.32 Å². The third kappa shape index (κ3) is 4.30. The number of benzene rings is 1. The first kappa shape index (κ1) is 17.0. The van der Waals surface area contributed by atoms with Crippen LogP contribution in [0.15, 0.2) is 34.5 Å². The third-order valence-corrected chi connectivity index (χ3v) is 5.99. The van der Waals surface area contributed by atoms with Gasteiger partial charge in [-0.15, -0.1) is 11.3 Å². The summed E-state index contributed by atoms with van der Waals surface area (Å²) in [6, 6.07) is 8.28. The highest BCUT2D eigenvalue weighted by Crippen LogP contribution is 2.21. The highest BCUT2D eigenvalue weighted by Gasteiger charge is 2.17. The van der Waals surface area contributed by atoms with Crippen molar-refractivity contribution in [2.24, 2.45) is 0 Å². The molecule has 0 atom stereocenters. The number of carbonyl (C=O) groups is 1. The molecule has 1 aromatic carbocycles. The maximum Gasteiger partial charge on any atom is 0.250 e. The molecule has 0 aliphatic carbocycles. The molecule has 8 heteroatoms. The van der Waals surface area contributed by atoms with E-state index in [0.29, 0.717) is 10.7 Å². The Bertz CT molecular complexity index is 800. The molecular weight excluding hydrogens is 344 g/mol. The number of amides is 1. The fraction of sp³-hybridized carbons (Fsp3) is 0.214. The van der Waals surface area contributed by atoms with Gasteiger partial charge in [-0.25, -0.2) is 13.1 Å². The fourth-order valence-corrected chi connectivity index (χ4v) is 4.29. The zero-order valence-corrected chi connectivity index (χ0v) is 14.4. The monoisotopic (exact) mass is 358 g/mol. The smallest absolute Gasteiger partial charge is 0.250 e. The Morgan fingerprint density at radius 3 is 2.55 bits per heavy atom. The van der Waals surface area contributed by atoms with Gasteiger partial charge in [-0.05, 0) is 49.7 Å². The van der Waals surface area contributed by atoms with Gasteiger partial charge in [-0.3, -0.25) is 4.79 Å². The molecular formula is C14H15ClN2O3S2. The lowest BCUT2D eigenvalue weighted by atomic mass is 10.2. The summed E-state index contributed by atoms with van der Waals surface area (Å²) in [5.74, 6) is -0.442. The first-order chi connectivity index (χ1) is 10.3. The number of carbonyl (C=O) groups excluding carboxylic acids is 1. The largest absolute Gasteiger partial charge is 0.325 e. The standard InChI is InChI=1S/C14H15ClN2O3S2/c1-9-7-11(15)4-5-12(9)17-13(18)8-16-22(19,20)14-6-3-10(2)21-14/h3-7,16H,8H2,1-2H3,(H,17,18). The molecule has 0 fully saturated rings. The van der Waals surface area contributed by atoms with E-state index in [1.807, 2.05) is 6.92 Å². The quantitative estimate of drug-likeness (QED) is 0.862. The molecule has 0 saturated heterocycles. The zero-order chi connectivity index (χ0) is 16.3. The van der Waals surface area contributed by atoms with Crippen molar-refractivity contribution in [2.45, 2.75) is 18.1 Å². The van der Waals surface area contributed by atoms with Gasteiger partial charge in [-0.1, -0.05) is 11.6 Å². The van der Waals surface area contributed by atoms with Crippen molar-refractivity contribution in [2.75, 3.05) is 11.9 Å². The van der Waals surface area contributed by atoms with Crippen LogP contribution in [0.2, 0.25) is 5.02 Å².